The summed E-state index contributed by atoms with van der Waals surface area (Å²) in [5.74, 6) is -0.540. The van der Waals surface area contributed by atoms with Crippen molar-refractivity contribution in [3.05, 3.63) is 94.8 Å². The van der Waals surface area contributed by atoms with Crippen molar-refractivity contribution in [1.29, 1.82) is 0 Å². The highest BCUT2D eigenvalue weighted by molar-refractivity contribution is 6.30. The normalized spacial score (nSPS) is 15.3. The van der Waals surface area contributed by atoms with Gasteiger partial charge in [0.2, 0.25) is 5.91 Å². The van der Waals surface area contributed by atoms with Crippen LogP contribution in [0.3, 0.4) is 0 Å². The summed E-state index contributed by atoms with van der Waals surface area (Å²) in [5.41, 5.74) is 0.606. The summed E-state index contributed by atoms with van der Waals surface area (Å²) in [6.07, 6.45) is -1.52. The van der Waals surface area contributed by atoms with Gasteiger partial charge in [-0.2, -0.15) is 13.2 Å². The number of benzene rings is 2. The number of nitrogens with zero attached hydrogens (tertiary/aromatic N) is 2. The number of hydrogen-bond donors (Lipinski definition) is 1. The lowest BCUT2D eigenvalue weighted by atomic mass is 9.93. The summed E-state index contributed by atoms with van der Waals surface area (Å²) < 4.78 is 45.9. The van der Waals surface area contributed by atoms with Crippen LogP contribution in [0.2, 0.25) is 5.02 Å². The first-order chi connectivity index (χ1) is 17.3. The third-order valence-corrected chi connectivity index (χ3v) is 6.47. The number of amides is 1. The van der Waals surface area contributed by atoms with E-state index in [0.29, 0.717) is 23.6 Å². The molecule has 1 aromatic heterocycles. The van der Waals surface area contributed by atoms with Gasteiger partial charge >= 0.3 is 6.18 Å². The number of piperidine rings is 1. The summed E-state index contributed by atoms with van der Waals surface area (Å²) in [6.45, 7) is 1.43. The van der Waals surface area contributed by atoms with Crippen LogP contribution >= 0.6 is 11.6 Å². The van der Waals surface area contributed by atoms with E-state index in [2.05, 4.69) is 10.3 Å². The Kier molecular flexibility index (Phi) is 8.48. The second-order valence-corrected chi connectivity index (χ2v) is 9.04. The third kappa shape index (κ3) is 6.36. The molecule has 1 atom stereocenters. The van der Waals surface area contributed by atoms with Gasteiger partial charge in [-0.05, 0) is 67.9 Å². The molecule has 1 fully saturated rings. The smallest absolute Gasteiger partial charge is 0.419 e. The highest BCUT2D eigenvalue weighted by atomic mass is 35.5. The van der Waals surface area contributed by atoms with Crippen LogP contribution in [0.15, 0.2) is 72.9 Å². The Morgan fingerprint density at radius 1 is 1.06 bits per heavy atom. The number of pyridine rings is 1. The lowest BCUT2D eigenvalue weighted by molar-refractivity contribution is -0.141. The topological polar surface area (TPSA) is 54.5 Å². The molecule has 4 rings (SSSR count). The van der Waals surface area contributed by atoms with E-state index < -0.39 is 17.8 Å². The van der Waals surface area contributed by atoms with E-state index in [-0.39, 0.29) is 30.7 Å². The molecule has 0 saturated carbocycles. The molecule has 0 radical (unpaired) electrons. The molecule has 2 aromatic carbocycles. The predicted molar refractivity (Wildman–Crippen MR) is 132 cm³/mol. The number of ether oxygens (including phenoxy) is 1. The van der Waals surface area contributed by atoms with E-state index in [9.17, 15) is 18.0 Å². The van der Waals surface area contributed by atoms with Gasteiger partial charge in [-0.1, -0.05) is 41.9 Å². The van der Waals surface area contributed by atoms with Crippen LogP contribution in [0.5, 0.6) is 5.75 Å². The molecule has 5 nitrogen and oxygen atoms in total. The number of carbonyl (C=O) groups excluding carboxylic acids is 1. The minimum atomic E-state index is -4.54. The maximum Gasteiger partial charge on any atom is 0.419 e. The van der Waals surface area contributed by atoms with Crippen molar-refractivity contribution in [3.63, 3.8) is 0 Å². The Balaban J connectivity index is 1.65. The molecule has 1 N–H and O–H groups in total. The van der Waals surface area contributed by atoms with Crippen LogP contribution in [-0.2, 0) is 11.0 Å². The Bertz CT molecular complexity index is 1140. The summed E-state index contributed by atoms with van der Waals surface area (Å²) in [6, 6.07) is 17.2. The van der Waals surface area contributed by atoms with Gasteiger partial charge in [-0.15, -0.1) is 0 Å². The molecule has 3 aromatic rings. The van der Waals surface area contributed by atoms with Crippen molar-refractivity contribution < 1.29 is 22.7 Å². The molecule has 0 spiro atoms. The lowest BCUT2D eigenvalue weighted by Crippen LogP contribution is -2.45. The fourth-order valence-electron chi connectivity index (χ4n) is 4.44. The van der Waals surface area contributed by atoms with Gasteiger partial charge in [-0.3, -0.25) is 9.78 Å². The number of aromatic nitrogens is 1. The number of rotatable bonds is 8. The monoisotopic (exact) mass is 517 g/mol. The van der Waals surface area contributed by atoms with Crippen molar-refractivity contribution in [2.45, 2.75) is 25.1 Å². The summed E-state index contributed by atoms with van der Waals surface area (Å²) in [7, 11) is 0. The Morgan fingerprint density at radius 3 is 2.42 bits per heavy atom. The number of nitrogens with one attached hydrogen (secondary N) is 1. The van der Waals surface area contributed by atoms with E-state index >= 15 is 0 Å². The molecule has 1 saturated heterocycles. The number of hydrogen-bond acceptors (Lipinski definition) is 4. The molecule has 190 valence electrons. The zero-order valence-corrected chi connectivity index (χ0v) is 20.3. The van der Waals surface area contributed by atoms with E-state index in [1.807, 2.05) is 24.3 Å². The highest BCUT2D eigenvalue weighted by Gasteiger charge is 2.35. The molecule has 1 aliphatic heterocycles. The molecule has 1 amide bonds. The lowest BCUT2D eigenvalue weighted by Gasteiger charge is -2.36. The minimum absolute atomic E-state index is 0.0743. The van der Waals surface area contributed by atoms with Gasteiger partial charge in [0.05, 0.1) is 23.8 Å². The van der Waals surface area contributed by atoms with E-state index in [4.69, 9.17) is 16.3 Å². The van der Waals surface area contributed by atoms with Gasteiger partial charge in [0, 0.05) is 17.1 Å². The molecular weight excluding hydrogens is 491 g/mol. The van der Waals surface area contributed by atoms with Gasteiger partial charge in [-0.25, -0.2) is 0 Å². The first-order valence-corrected chi connectivity index (χ1v) is 12.2. The first kappa shape index (κ1) is 26.0. The second kappa shape index (κ2) is 11.8. The van der Waals surface area contributed by atoms with E-state index in [1.54, 1.807) is 29.3 Å². The van der Waals surface area contributed by atoms with Crippen LogP contribution in [0.1, 0.15) is 35.7 Å². The average molecular weight is 518 g/mol. The zero-order valence-electron chi connectivity index (χ0n) is 19.5. The van der Waals surface area contributed by atoms with Gasteiger partial charge < -0.3 is 15.0 Å². The molecule has 0 unspecified atom stereocenters. The second-order valence-electron chi connectivity index (χ2n) is 8.61. The first-order valence-electron chi connectivity index (χ1n) is 11.8. The van der Waals surface area contributed by atoms with Gasteiger partial charge in [0.25, 0.3) is 0 Å². The zero-order chi connectivity index (χ0) is 25.5. The molecule has 0 aliphatic carbocycles. The molecule has 36 heavy (non-hydrogen) atoms. The predicted octanol–water partition coefficient (Wildman–Crippen LogP) is 5.75. The molecule has 9 heteroatoms. The average Bonchev–Trinajstić information content (AvgIpc) is 2.89. The van der Waals surface area contributed by atoms with Crippen molar-refractivity contribution in [1.82, 2.24) is 15.2 Å². The number of para-hydroxylation sites is 1. The SMILES string of the molecule is O=C(C1CCNCC1)N(CCOc1ccccc1C(F)(F)F)[C@@H](c1ccc(Cl)cc1)c1ccccn1. The third-order valence-electron chi connectivity index (χ3n) is 6.22. The molecule has 1 aliphatic rings. The van der Waals surface area contributed by atoms with Crippen LogP contribution in [-0.4, -0.2) is 42.0 Å². The van der Waals surface area contributed by atoms with Gasteiger partial charge in [0.15, 0.2) is 0 Å². The molecular formula is C27H27ClF3N3O2. The van der Waals surface area contributed by atoms with Crippen LogP contribution in [0, 0.1) is 5.92 Å². The van der Waals surface area contributed by atoms with Crippen molar-refractivity contribution >= 4 is 17.5 Å². The van der Waals surface area contributed by atoms with Crippen LogP contribution < -0.4 is 10.1 Å². The minimum Gasteiger partial charge on any atom is -0.491 e. The summed E-state index contributed by atoms with van der Waals surface area (Å²) in [4.78, 5) is 20.0. The number of carbonyl (C=O) groups is 1. The van der Waals surface area contributed by atoms with Gasteiger partial charge in [0.1, 0.15) is 12.4 Å². The van der Waals surface area contributed by atoms with Crippen molar-refractivity contribution in [2.75, 3.05) is 26.2 Å². The fourth-order valence-corrected chi connectivity index (χ4v) is 4.57. The Morgan fingerprint density at radius 2 is 1.75 bits per heavy atom. The summed E-state index contributed by atoms with van der Waals surface area (Å²) in [5, 5.41) is 3.82. The Hall–Kier alpha value is -3.10. The molecule has 0 bridgehead atoms. The maximum absolute atomic E-state index is 13.8. The van der Waals surface area contributed by atoms with E-state index in [0.717, 1.165) is 24.7 Å². The quantitative estimate of drug-likeness (QED) is 0.413. The summed E-state index contributed by atoms with van der Waals surface area (Å²) >= 11 is 6.11. The van der Waals surface area contributed by atoms with Crippen LogP contribution in [0.4, 0.5) is 13.2 Å². The van der Waals surface area contributed by atoms with Crippen molar-refractivity contribution in [2.24, 2.45) is 5.92 Å². The largest absolute Gasteiger partial charge is 0.491 e. The fraction of sp³-hybridized carbons (Fsp3) is 0.333. The highest BCUT2D eigenvalue weighted by Crippen LogP contribution is 2.36. The van der Waals surface area contributed by atoms with Crippen LogP contribution in [0.25, 0.3) is 0 Å². The molecule has 2 heterocycles. The van der Waals surface area contributed by atoms with Crippen molar-refractivity contribution in [3.8, 4) is 5.75 Å². The maximum atomic E-state index is 13.8. The Labute approximate surface area is 213 Å². The standard InChI is InChI=1S/C27H27ClF3N3O2/c28-21-10-8-19(9-11-21)25(23-6-3-4-14-33-23)34(26(35)20-12-15-32-16-13-20)17-18-36-24-7-2-1-5-22(24)27(29,30)31/h1-11,14,20,25,32H,12-13,15-18H2/t25-/m0/s1. The number of alkyl halides is 3. The van der Waals surface area contributed by atoms with E-state index in [1.165, 1.54) is 18.2 Å². The number of halogens is 4.